The van der Waals surface area contributed by atoms with E-state index in [4.69, 9.17) is 4.74 Å². The van der Waals surface area contributed by atoms with Crippen LogP contribution in [0.2, 0.25) is 0 Å². The number of carbonyl (C=O) groups is 1. The van der Waals surface area contributed by atoms with Crippen molar-refractivity contribution < 1.29 is 14.6 Å². The smallest absolute Gasteiger partial charge is 0.216 e. The van der Waals surface area contributed by atoms with Crippen LogP contribution in [-0.2, 0) is 9.53 Å². The average molecular weight is 456 g/mol. The Balaban J connectivity index is 1.30. The molecule has 0 saturated heterocycles. The molecule has 0 unspecified atom stereocenters. The Morgan fingerprint density at radius 1 is 1.27 bits per heavy atom. The molecule has 4 heteroatoms. The van der Waals surface area contributed by atoms with Gasteiger partial charge in [-0.05, 0) is 98.4 Å². The van der Waals surface area contributed by atoms with Gasteiger partial charge >= 0.3 is 0 Å². The number of rotatable bonds is 5. The molecule has 0 bridgehead atoms. The van der Waals surface area contributed by atoms with Gasteiger partial charge in [0, 0.05) is 25.8 Å². The van der Waals surface area contributed by atoms with Crippen LogP contribution in [0.25, 0.3) is 0 Å². The molecule has 1 heterocycles. The molecule has 1 aliphatic heterocycles. The highest BCUT2D eigenvalue weighted by atomic mass is 16.5. The first-order chi connectivity index (χ1) is 15.6. The van der Waals surface area contributed by atoms with Crippen LogP contribution in [0, 0.1) is 40.4 Å². The summed E-state index contributed by atoms with van der Waals surface area (Å²) in [6, 6.07) is 0. The van der Waals surface area contributed by atoms with Gasteiger partial charge in [0.05, 0.1) is 11.9 Å². The molecule has 184 valence electrons. The number of aliphatic hydroxyl groups is 1. The number of hydrogen-bond donors (Lipinski definition) is 2. The van der Waals surface area contributed by atoms with E-state index in [1.165, 1.54) is 37.0 Å². The summed E-state index contributed by atoms with van der Waals surface area (Å²) in [5.41, 5.74) is 3.75. The van der Waals surface area contributed by atoms with Gasteiger partial charge in [0.2, 0.25) is 5.91 Å². The number of aliphatic hydroxyl groups excluding tert-OH is 1. The third kappa shape index (κ3) is 3.79. The summed E-state index contributed by atoms with van der Waals surface area (Å²) in [5, 5.41) is 13.2. The number of fused-ring (bicyclic) bond motifs is 7. The molecule has 4 aliphatic carbocycles. The zero-order valence-corrected chi connectivity index (χ0v) is 21.5. The Bertz CT molecular complexity index is 861. The van der Waals surface area contributed by atoms with Crippen LogP contribution in [-0.4, -0.2) is 29.8 Å². The maximum absolute atomic E-state index is 11.2. The van der Waals surface area contributed by atoms with Crippen LogP contribution in [0.3, 0.4) is 0 Å². The van der Waals surface area contributed by atoms with Crippen molar-refractivity contribution in [1.29, 1.82) is 0 Å². The molecule has 9 atom stereocenters. The average Bonchev–Trinajstić information content (AvgIpc) is 3.24. The van der Waals surface area contributed by atoms with Crippen molar-refractivity contribution in [2.45, 2.75) is 105 Å². The van der Waals surface area contributed by atoms with E-state index >= 15 is 0 Å². The summed E-state index contributed by atoms with van der Waals surface area (Å²) in [6.45, 7) is 12.0. The molecule has 3 saturated carbocycles. The lowest BCUT2D eigenvalue weighted by Gasteiger charge is -2.57. The molecule has 3 fully saturated rings. The minimum absolute atomic E-state index is 0.0569. The van der Waals surface area contributed by atoms with E-state index in [9.17, 15) is 9.90 Å². The van der Waals surface area contributed by atoms with Gasteiger partial charge in [-0.1, -0.05) is 32.4 Å². The third-order valence-corrected chi connectivity index (χ3v) is 10.8. The summed E-state index contributed by atoms with van der Waals surface area (Å²) < 4.78 is 6.70. The summed E-state index contributed by atoms with van der Waals surface area (Å²) in [5.74, 6) is 4.66. The first-order valence-electron chi connectivity index (χ1n) is 13.6. The topological polar surface area (TPSA) is 58.6 Å². The predicted octanol–water partition coefficient (Wildman–Crippen LogP) is 5.76. The fourth-order valence-electron chi connectivity index (χ4n) is 9.02. The van der Waals surface area contributed by atoms with Crippen molar-refractivity contribution in [3.05, 3.63) is 23.0 Å². The second kappa shape index (κ2) is 8.43. The first-order valence-corrected chi connectivity index (χ1v) is 13.6. The summed E-state index contributed by atoms with van der Waals surface area (Å²) in [4.78, 5) is 11.2. The van der Waals surface area contributed by atoms with Crippen molar-refractivity contribution >= 4 is 5.91 Å². The van der Waals surface area contributed by atoms with E-state index < -0.39 is 0 Å². The minimum Gasteiger partial charge on any atom is -0.494 e. The Kier molecular flexibility index (Phi) is 5.99. The quantitative estimate of drug-likeness (QED) is 0.518. The largest absolute Gasteiger partial charge is 0.494 e. The molecule has 33 heavy (non-hydrogen) atoms. The Morgan fingerprint density at radius 3 is 2.82 bits per heavy atom. The van der Waals surface area contributed by atoms with Crippen molar-refractivity contribution in [3.63, 3.8) is 0 Å². The molecule has 1 amide bonds. The summed E-state index contributed by atoms with van der Waals surface area (Å²) >= 11 is 0. The lowest BCUT2D eigenvalue weighted by atomic mass is 9.47. The van der Waals surface area contributed by atoms with E-state index in [1.54, 1.807) is 12.5 Å². The molecule has 0 aromatic rings. The van der Waals surface area contributed by atoms with Gasteiger partial charge < -0.3 is 15.2 Å². The number of hydrogen-bond acceptors (Lipinski definition) is 3. The van der Waals surface area contributed by atoms with Crippen LogP contribution in [0.15, 0.2) is 23.0 Å². The van der Waals surface area contributed by atoms with Gasteiger partial charge in [0.15, 0.2) is 0 Å². The van der Waals surface area contributed by atoms with Crippen molar-refractivity contribution in [3.8, 4) is 0 Å². The highest BCUT2D eigenvalue weighted by molar-refractivity contribution is 5.72. The molecule has 0 spiro atoms. The summed E-state index contributed by atoms with van der Waals surface area (Å²) in [6.07, 6.45) is 13.0. The normalized spacial score (nSPS) is 44.7. The van der Waals surface area contributed by atoms with Crippen LogP contribution in [0.5, 0.6) is 0 Å². The van der Waals surface area contributed by atoms with Gasteiger partial charge in [0.1, 0.15) is 6.10 Å². The fraction of sp³-hybridized carbons (Fsp3) is 0.828. The van der Waals surface area contributed by atoms with Gasteiger partial charge in [-0.3, -0.25) is 4.79 Å². The zero-order chi connectivity index (χ0) is 23.5. The number of amides is 1. The van der Waals surface area contributed by atoms with E-state index in [0.29, 0.717) is 28.8 Å². The standard InChI is InChI=1S/C29H45NO3/c1-17(16-30-19(3)31)6-9-25-18(2)27-26(33-25)15-24-22-8-7-20-14-21(32)10-12-28(20,4)23(22)11-13-29(24,27)5/h7,17,21-24,26-27,32H,6,8-16H2,1-5H3,(H,30,31)/t17-,21+,22+,23-,24+,26-,27+,28+,29-/m1/s1. The number of carbonyl (C=O) groups excluding carboxylic acids is 1. The minimum atomic E-state index is -0.124. The van der Waals surface area contributed by atoms with Gasteiger partial charge in [-0.15, -0.1) is 0 Å². The SMILES string of the molecule is CC(=O)NC[C@H](C)CCC1=C(C)[C@H]2[C@@H](C[C@H]3[C@H]4CC=C5C[C@@H](O)CC[C@]5(C)[C@@H]4CC[C@]32C)O1. The van der Waals surface area contributed by atoms with Crippen LogP contribution in [0.4, 0.5) is 0 Å². The Labute approximate surface area is 200 Å². The van der Waals surface area contributed by atoms with E-state index in [0.717, 1.165) is 56.4 Å². The van der Waals surface area contributed by atoms with Crippen LogP contribution in [0.1, 0.15) is 92.4 Å². The van der Waals surface area contributed by atoms with Crippen LogP contribution >= 0.6 is 0 Å². The lowest BCUT2D eigenvalue weighted by molar-refractivity contribution is -0.119. The third-order valence-electron chi connectivity index (χ3n) is 10.8. The summed E-state index contributed by atoms with van der Waals surface area (Å²) in [7, 11) is 0. The lowest BCUT2D eigenvalue weighted by Crippen LogP contribution is -2.50. The first kappa shape index (κ1) is 23.5. The highest BCUT2D eigenvalue weighted by Crippen LogP contribution is 2.68. The maximum Gasteiger partial charge on any atom is 0.216 e. The van der Waals surface area contributed by atoms with E-state index in [2.05, 4.69) is 39.1 Å². The van der Waals surface area contributed by atoms with Crippen molar-refractivity contribution in [1.82, 2.24) is 5.32 Å². The molecule has 0 aromatic heterocycles. The van der Waals surface area contributed by atoms with Crippen LogP contribution < -0.4 is 5.32 Å². The number of ether oxygens (including phenoxy) is 1. The number of allylic oxidation sites excluding steroid dienone is 2. The second-order valence-electron chi connectivity index (χ2n) is 12.8. The molecule has 5 aliphatic rings. The second-order valence-corrected chi connectivity index (χ2v) is 12.8. The fourth-order valence-corrected chi connectivity index (χ4v) is 9.02. The van der Waals surface area contributed by atoms with E-state index in [1.807, 2.05) is 0 Å². The molecular weight excluding hydrogens is 410 g/mol. The molecular formula is C29H45NO3. The Morgan fingerprint density at radius 2 is 2.06 bits per heavy atom. The Hall–Kier alpha value is -1.29. The molecule has 2 N–H and O–H groups in total. The van der Waals surface area contributed by atoms with Crippen molar-refractivity contribution in [2.75, 3.05) is 6.54 Å². The zero-order valence-electron chi connectivity index (χ0n) is 21.5. The molecule has 0 aromatic carbocycles. The number of nitrogens with one attached hydrogen (secondary N) is 1. The van der Waals surface area contributed by atoms with E-state index in [-0.39, 0.29) is 12.0 Å². The predicted molar refractivity (Wildman–Crippen MR) is 131 cm³/mol. The molecule has 5 rings (SSSR count). The maximum atomic E-state index is 11.2. The van der Waals surface area contributed by atoms with Gasteiger partial charge in [-0.2, -0.15) is 0 Å². The van der Waals surface area contributed by atoms with Crippen molar-refractivity contribution in [2.24, 2.45) is 40.4 Å². The monoisotopic (exact) mass is 455 g/mol. The van der Waals surface area contributed by atoms with Gasteiger partial charge in [-0.25, -0.2) is 0 Å². The highest BCUT2D eigenvalue weighted by Gasteiger charge is 2.63. The molecule has 4 nitrogen and oxygen atoms in total. The van der Waals surface area contributed by atoms with Gasteiger partial charge in [0.25, 0.3) is 0 Å². The molecule has 0 radical (unpaired) electrons.